The highest BCUT2D eigenvalue weighted by molar-refractivity contribution is 5.89. The molecule has 0 bridgehead atoms. The fraction of sp³-hybridized carbons (Fsp3) is 0.611. The number of aliphatic hydroxyl groups is 1. The number of carbonyl (C=O) groups excluding carboxylic acids is 1. The van der Waals surface area contributed by atoms with Gasteiger partial charge in [-0.25, -0.2) is 9.18 Å². The quantitative estimate of drug-likeness (QED) is 0.574. The maximum atomic E-state index is 12.9. The number of methoxy groups -OCH3 is 1. The second kappa shape index (κ2) is 11.1. The Kier molecular flexibility index (Phi) is 8.76. The lowest BCUT2D eigenvalue weighted by molar-refractivity contribution is -0.00352. The van der Waals surface area contributed by atoms with Crippen LogP contribution in [0.25, 0.3) is 0 Å². The summed E-state index contributed by atoms with van der Waals surface area (Å²) < 4.78 is 23.1. The minimum absolute atomic E-state index is 0.0850. The van der Waals surface area contributed by atoms with Gasteiger partial charge in [0.05, 0.1) is 25.9 Å². The molecule has 0 aromatic heterocycles. The van der Waals surface area contributed by atoms with Crippen molar-refractivity contribution in [2.75, 3.05) is 51.9 Å². The van der Waals surface area contributed by atoms with Crippen LogP contribution < -0.4 is 10.6 Å². The molecule has 26 heavy (non-hydrogen) atoms. The minimum atomic E-state index is -0.529. The van der Waals surface area contributed by atoms with Crippen LogP contribution in [-0.2, 0) is 9.47 Å². The van der Waals surface area contributed by atoms with E-state index >= 15 is 0 Å². The molecule has 2 rings (SSSR count). The summed E-state index contributed by atoms with van der Waals surface area (Å²) in [5.41, 5.74) is 0.554. The van der Waals surface area contributed by atoms with Gasteiger partial charge in [0.2, 0.25) is 0 Å². The van der Waals surface area contributed by atoms with E-state index < -0.39 is 6.10 Å². The summed E-state index contributed by atoms with van der Waals surface area (Å²) >= 11 is 0. The summed E-state index contributed by atoms with van der Waals surface area (Å²) in [6, 6.07) is 5.45. The Labute approximate surface area is 153 Å². The number of piperidine rings is 1. The molecule has 1 heterocycles. The zero-order valence-electron chi connectivity index (χ0n) is 15.1. The maximum absolute atomic E-state index is 12.9. The molecule has 1 aliphatic rings. The van der Waals surface area contributed by atoms with E-state index in [0.29, 0.717) is 32.1 Å². The van der Waals surface area contributed by atoms with Crippen molar-refractivity contribution >= 4 is 11.7 Å². The normalized spacial score (nSPS) is 17.0. The molecule has 7 nitrogen and oxygen atoms in total. The fourth-order valence-corrected chi connectivity index (χ4v) is 2.86. The molecular formula is C18H28FN3O4. The summed E-state index contributed by atoms with van der Waals surface area (Å²) in [7, 11) is 1.61. The number of ether oxygens (including phenoxy) is 2. The summed E-state index contributed by atoms with van der Waals surface area (Å²) in [4.78, 5) is 14.2. The molecule has 1 aliphatic heterocycles. The Bertz CT molecular complexity index is 536. The van der Waals surface area contributed by atoms with Crippen LogP contribution in [0.15, 0.2) is 24.3 Å². The molecule has 146 valence electrons. The molecule has 0 saturated carbocycles. The number of hydrogen-bond acceptors (Lipinski definition) is 5. The van der Waals surface area contributed by atoms with Crippen LogP contribution in [0.2, 0.25) is 0 Å². The number of urea groups is 1. The molecular weight excluding hydrogens is 341 g/mol. The van der Waals surface area contributed by atoms with E-state index in [-0.39, 0.29) is 17.9 Å². The summed E-state index contributed by atoms with van der Waals surface area (Å²) in [5.74, 6) is -0.338. The predicted molar refractivity (Wildman–Crippen MR) is 96.7 cm³/mol. The van der Waals surface area contributed by atoms with Crippen LogP contribution in [0.3, 0.4) is 0 Å². The first-order chi connectivity index (χ1) is 12.6. The van der Waals surface area contributed by atoms with Gasteiger partial charge in [-0.1, -0.05) is 0 Å². The monoisotopic (exact) mass is 369 g/mol. The molecule has 1 atom stereocenters. The Hall–Kier alpha value is -1.74. The van der Waals surface area contributed by atoms with Gasteiger partial charge in [0, 0.05) is 38.5 Å². The third kappa shape index (κ3) is 7.65. The van der Waals surface area contributed by atoms with Crippen LogP contribution in [0.1, 0.15) is 12.8 Å². The van der Waals surface area contributed by atoms with E-state index in [1.165, 1.54) is 24.3 Å². The van der Waals surface area contributed by atoms with Gasteiger partial charge in [0.25, 0.3) is 0 Å². The van der Waals surface area contributed by atoms with Gasteiger partial charge in [0.1, 0.15) is 5.82 Å². The van der Waals surface area contributed by atoms with Gasteiger partial charge in [-0.3, -0.25) is 0 Å². The van der Waals surface area contributed by atoms with Crippen LogP contribution >= 0.6 is 0 Å². The molecule has 8 heteroatoms. The molecule has 3 N–H and O–H groups in total. The standard InChI is InChI=1S/C18H28FN3O4/c1-25-10-11-26-13-17(23)12-22-8-6-16(7-9-22)21-18(24)20-15-4-2-14(19)3-5-15/h2-5,16-17,23H,6-13H2,1H3,(H2,20,21,24). The third-order valence-corrected chi connectivity index (χ3v) is 4.24. The number of likely N-dealkylation sites (tertiary alicyclic amines) is 1. The van der Waals surface area contributed by atoms with Crippen molar-refractivity contribution in [1.82, 2.24) is 10.2 Å². The zero-order chi connectivity index (χ0) is 18.8. The van der Waals surface area contributed by atoms with Gasteiger partial charge >= 0.3 is 6.03 Å². The summed E-state index contributed by atoms with van der Waals surface area (Å²) in [6.07, 6.45) is 1.10. The number of rotatable bonds is 9. The van der Waals surface area contributed by atoms with E-state index in [0.717, 1.165) is 25.9 Å². The number of nitrogens with one attached hydrogen (secondary N) is 2. The second-order valence-corrected chi connectivity index (χ2v) is 6.40. The van der Waals surface area contributed by atoms with Gasteiger partial charge in [-0.2, -0.15) is 0 Å². The van der Waals surface area contributed by atoms with Crippen LogP contribution in [0.4, 0.5) is 14.9 Å². The second-order valence-electron chi connectivity index (χ2n) is 6.40. The van der Waals surface area contributed by atoms with Crippen LogP contribution in [0, 0.1) is 5.82 Å². The average molecular weight is 369 g/mol. The number of carbonyl (C=O) groups is 1. The lowest BCUT2D eigenvalue weighted by atomic mass is 10.0. The molecule has 0 aliphatic carbocycles. The first kappa shape index (κ1) is 20.6. The van der Waals surface area contributed by atoms with Gasteiger partial charge in [0.15, 0.2) is 0 Å². The minimum Gasteiger partial charge on any atom is -0.389 e. The summed E-state index contributed by atoms with van der Waals surface area (Å²) in [5, 5.41) is 15.6. The lowest BCUT2D eigenvalue weighted by Crippen LogP contribution is -2.47. The highest BCUT2D eigenvalue weighted by Crippen LogP contribution is 2.12. The first-order valence-corrected chi connectivity index (χ1v) is 8.87. The first-order valence-electron chi connectivity index (χ1n) is 8.87. The highest BCUT2D eigenvalue weighted by atomic mass is 19.1. The van der Waals surface area contributed by atoms with Gasteiger partial charge in [-0.15, -0.1) is 0 Å². The Balaban J connectivity index is 1.61. The van der Waals surface area contributed by atoms with E-state index in [2.05, 4.69) is 15.5 Å². The van der Waals surface area contributed by atoms with Crippen molar-refractivity contribution in [2.45, 2.75) is 25.0 Å². The molecule has 1 unspecified atom stereocenters. The highest BCUT2D eigenvalue weighted by Gasteiger charge is 2.22. The maximum Gasteiger partial charge on any atom is 0.319 e. The topological polar surface area (TPSA) is 83.1 Å². The predicted octanol–water partition coefficient (Wildman–Crippen LogP) is 1.44. The van der Waals surface area contributed by atoms with Gasteiger partial charge < -0.3 is 30.1 Å². The molecule has 1 aromatic carbocycles. The molecule has 0 spiro atoms. The number of anilines is 1. The molecule has 2 amide bonds. The molecule has 0 radical (unpaired) electrons. The fourth-order valence-electron chi connectivity index (χ4n) is 2.86. The number of amides is 2. The molecule has 1 aromatic rings. The Morgan fingerprint density at radius 2 is 2.00 bits per heavy atom. The number of β-amino-alcohol motifs (C(OH)–C–C–N with tert-alkyl or cyclic N) is 1. The van der Waals surface area contributed by atoms with Crippen molar-refractivity contribution in [3.8, 4) is 0 Å². The zero-order valence-corrected chi connectivity index (χ0v) is 15.1. The van der Waals surface area contributed by atoms with E-state index in [4.69, 9.17) is 9.47 Å². The SMILES string of the molecule is COCCOCC(O)CN1CCC(NC(=O)Nc2ccc(F)cc2)CC1. The van der Waals surface area contributed by atoms with Crippen molar-refractivity contribution < 1.29 is 23.8 Å². The van der Waals surface area contributed by atoms with Crippen molar-refractivity contribution in [3.05, 3.63) is 30.1 Å². The lowest BCUT2D eigenvalue weighted by Gasteiger charge is -2.33. The number of nitrogens with zero attached hydrogens (tertiary/aromatic N) is 1. The number of aliphatic hydroxyl groups excluding tert-OH is 1. The van der Waals surface area contributed by atoms with Crippen molar-refractivity contribution in [1.29, 1.82) is 0 Å². The number of hydrogen-bond donors (Lipinski definition) is 3. The van der Waals surface area contributed by atoms with Crippen molar-refractivity contribution in [3.63, 3.8) is 0 Å². The van der Waals surface area contributed by atoms with E-state index in [1.54, 1.807) is 7.11 Å². The largest absolute Gasteiger partial charge is 0.389 e. The number of halogens is 1. The average Bonchev–Trinajstić information content (AvgIpc) is 2.62. The molecule has 1 fully saturated rings. The number of benzene rings is 1. The van der Waals surface area contributed by atoms with E-state index in [9.17, 15) is 14.3 Å². The van der Waals surface area contributed by atoms with E-state index in [1.807, 2.05) is 0 Å². The van der Waals surface area contributed by atoms with Crippen LogP contribution in [-0.4, -0.2) is 74.7 Å². The Morgan fingerprint density at radius 1 is 1.31 bits per heavy atom. The summed E-state index contributed by atoms with van der Waals surface area (Å²) in [6.45, 7) is 3.45. The van der Waals surface area contributed by atoms with Gasteiger partial charge in [-0.05, 0) is 37.1 Å². The Morgan fingerprint density at radius 3 is 2.65 bits per heavy atom. The molecule has 1 saturated heterocycles. The van der Waals surface area contributed by atoms with Crippen LogP contribution in [0.5, 0.6) is 0 Å². The third-order valence-electron chi connectivity index (χ3n) is 4.24. The van der Waals surface area contributed by atoms with Crippen molar-refractivity contribution in [2.24, 2.45) is 0 Å². The smallest absolute Gasteiger partial charge is 0.319 e.